The zero-order valence-corrected chi connectivity index (χ0v) is 14.7. The molecule has 0 radical (unpaired) electrons. The first-order valence-corrected chi connectivity index (χ1v) is 8.35. The van der Waals surface area contributed by atoms with Crippen LogP contribution in [0.5, 0.6) is 0 Å². The van der Waals surface area contributed by atoms with Crippen molar-refractivity contribution < 1.29 is 0 Å². The number of pyridine rings is 1. The maximum absolute atomic E-state index is 4.52. The molecule has 0 amide bonds. The molecule has 21 heavy (non-hydrogen) atoms. The third-order valence-corrected chi connectivity index (χ3v) is 4.79. The van der Waals surface area contributed by atoms with Crippen LogP contribution in [0.25, 0.3) is 10.9 Å². The van der Waals surface area contributed by atoms with Crippen molar-refractivity contribution in [3.63, 3.8) is 0 Å². The van der Waals surface area contributed by atoms with E-state index in [0.717, 1.165) is 29.6 Å². The third kappa shape index (κ3) is 4.25. The summed E-state index contributed by atoms with van der Waals surface area (Å²) in [5.74, 6) is 0. The highest BCUT2D eigenvalue weighted by Crippen LogP contribution is 2.24. The van der Waals surface area contributed by atoms with Crippen LogP contribution in [-0.4, -0.2) is 36.1 Å². The summed E-state index contributed by atoms with van der Waals surface area (Å²) in [6.45, 7) is 7.41. The molecular weight excluding hydrogens is 326 g/mol. The van der Waals surface area contributed by atoms with Crippen LogP contribution < -0.4 is 5.32 Å². The van der Waals surface area contributed by atoms with Gasteiger partial charge in [0.05, 0.1) is 5.52 Å². The summed E-state index contributed by atoms with van der Waals surface area (Å²) >= 11 is 3.59. The van der Waals surface area contributed by atoms with E-state index in [2.05, 4.69) is 70.2 Å². The number of rotatable bonds is 7. The van der Waals surface area contributed by atoms with E-state index in [1.807, 2.05) is 12.3 Å². The van der Waals surface area contributed by atoms with Crippen molar-refractivity contribution in [2.75, 3.05) is 20.1 Å². The number of nitrogens with one attached hydrogen (secondary N) is 1. The summed E-state index contributed by atoms with van der Waals surface area (Å²) in [6, 6.07) is 8.97. The van der Waals surface area contributed by atoms with Crippen LogP contribution in [0.3, 0.4) is 0 Å². The molecule has 0 fully saturated rings. The third-order valence-electron chi connectivity index (χ3n) is 4.10. The van der Waals surface area contributed by atoms with E-state index in [1.165, 1.54) is 17.4 Å². The lowest BCUT2D eigenvalue weighted by atomic mass is 10.1. The Balaban J connectivity index is 1.94. The SMILES string of the molecule is CCC(C)N(C)CCNCc1ccc(Br)c2cccnc12. The van der Waals surface area contributed by atoms with Crippen LogP contribution in [-0.2, 0) is 6.54 Å². The fraction of sp³-hybridized carbons (Fsp3) is 0.471. The minimum Gasteiger partial charge on any atom is -0.311 e. The molecule has 1 heterocycles. The van der Waals surface area contributed by atoms with Gasteiger partial charge < -0.3 is 10.2 Å². The van der Waals surface area contributed by atoms with Crippen molar-refractivity contribution in [3.05, 3.63) is 40.5 Å². The molecule has 1 unspecified atom stereocenters. The molecule has 0 aliphatic heterocycles. The predicted octanol–water partition coefficient (Wildman–Crippen LogP) is 3.82. The maximum Gasteiger partial charge on any atom is 0.0758 e. The fourth-order valence-electron chi connectivity index (χ4n) is 2.35. The molecule has 0 spiro atoms. The highest BCUT2D eigenvalue weighted by atomic mass is 79.9. The summed E-state index contributed by atoms with van der Waals surface area (Å²) in [5.41, 5.74) is 2.33. The van der Waals surface area contributed by atoms with Gasteiger partial charge in [0.1, 0.15) is 0 Å². The normalized spacial score (nSPS) is 13.0. The minimum atomic E-state index is 0.641. The molecule has 114 valence electrons. The van der Waals surface area contributed by atoms with Crippen LogP contribution in [0, 0.1) is 0 Å². The highest BCUT2D eigenvalue weighted by Gasteiger charge is 2.07. The number of benzene rings is 1. The molecule has 1 aromatic carbocycles. The van der Waals surface area contributed by atoms with E-state index in [1.54, 1.807) is 0 Å². The first-order valence-electron chi connectivity index (χ1n) is 7.56. The Kier molecular flexibility index (Phi) is 6.15. The maximum atomic E-state index is 4.52. The molecule has 0 bridgehead atoms. The first kappa shape index (κ1) is 16.4. The Morgan fingerprint density at radius 2 is 2.14 bits per heavy atom. The Labute approximate surface area is 135 Å². The van der Waals surface area contributed by atoms with Crippen molar-refractivity contribution in [3.8, 4) is 0 Å². The number of hydrogen-bond donors (Lipinski definition) is 1. The first-order chi connectivity index (χ1) is 10.1. The number of halogens is 1. The van der Waals surface area contributed by atoms with E-state index in [4.69, 9.17) is 0 Å². The summed E-state index contributed by atoms with van der Waals surface area (Å²) in [6.07, 6.45) is 3.05. The standard InChI is InChI=1S/C17H24BrN3/c1-4-13(2)21(3)11-10-19-12-14-7-8-16(18)15-6-5-9-20-17(14)15/h5-9,13,19H,4,10-12H2,1-3H3. The van der Waals surface area contributed by atoms with Gasteiger partial charge >= 0.3 is 0 Å². The van der Waals surface area contributed by atoms with Crippen molar-refractivity contribution in [1.82, 2.24) is 15.2 Å². The van der Waals surface area contributed by atoms with E-state index in [9.17, 15) is 0 Å². The van der Waals surface area contributed by atoms with Crippen molar-refractivity contribution >= 4 is 26.8 Å². The van der Waals surface area contributed by atoms with Gasteiger partial charge in [0.25, 0.3) is 0 Å². The summed E-state index contributed by atoms with van der Waals surface area (Å²) in [7, 11) is 2.19. The molecule has 4 heteroatoms. The number of nitrogens with zero attached hydrogens (tertiary/aromatic N) is 2. The van der Waals surface area contributed by atoms with Gasteiger partial charge in [0.15, 0.2) is 0 Å². The molecule has 0 aliphatic carbocycles. The van der Waals surface area contributed by atoms with Gasteiger partial charge in [-0.15, -0.1) is 0 Å². The zero-order valence-electron chi connectivity index (χ0n) is 13.1. The van der Waals surface area contributed by atoms with E-state index in [0.29, 0.717) is 6.04 Å². The second-order valence-corrected chi connectivity index (χ2v) is 6.38. The monoisotopic (exact) mass is 349 g/mol. The molecule has 0 aliphatic rings. The molecule has 2 aromatic rings. The molecule has 0 saturated heterocycles. The molecule has 1 atom stereocenters. The van der Waals surface area contributed by atoms with Crippen LogP contribution in [0.4, 0.5) is 0 Å². The highest BCUT2D eigenvalue weighted by molar-refractivity contribution is 9.10. The van der Waals surface area contributed by atoms with Crippen molar-refractivity contribution in [2.24, 2.45) is 0 Å². The zero-order chi connectivity index (χ0) is 15.2. The van der Waals surface area contributed by atoms with E-state index in [-0.39, 0.29) is 0 Å². The van der Waals surface area contributed by atoms with E-state index < -0.39 is 0 Å². The number of fused-ring (bicyclic) bond motifs is 1. The Morgan fingerprint density at radius 1 is 1.33 bits per heavy atom. The van der Waals surface area contributed by atoms with Gasteiger partial charge in [-0.2, -0.15) is 0 Å². The van der Waals surface area contributed by atoms with Gasteiger partial charge in [0, 0.05) is 41.7 Å². The lowest BCUT2D eigenvalue weighted by Crippen LogP contribution is -2.34. The summed E-state index contributed by atoms with van der Waals surface area (Å²) < 4.78 is 1.10. The van der Waals surface area contributed by atoms with Gasteiger partial charge in [-0.05, 0) is 38.1 Å². The molecule has 3 nitrogen and oxygen atoms in total. The average molecular weight is 350 g/mol. The predicted molar refractivity (Wildman–Crippen MR) is 93.5 cm³/mol. The second-order valence-electron chi connectivity index (χ2n) is 5.52. The number of hydrogen-bond acceptors (Lipinski definition) is 3. The number of likely N-dealkylation sites (N-methyl/N-ethyl adjacent to an activating group) is 1. The minimum absolute atomic E-state index is 0.641. The molecule has 2 rings (SSSR count). The molecular formula is C17H24BrN3. The second kappa shape index (κ2) is 7.87. The molecule has 1 aromatic heterocycles. The lowest BCUT2D eigenvalue weighted by molar-refractivity contribution is 0.252. The Bertz CT molecular complexity index is 585. The van der Waals surface area contributed by atoms with Crippen molar-refractivity contribution in [2.45, 2.75) is 32.9 Å². The summed E-state index contributed by atoms with van der Waals surface area (Å²) in [4.78, 5) is 6.91. The Morgan fingerprint density at radius 3 is 2.90 bits per heavy atom. The fourth-order valence-corrected chi connectivity index (χ4v) is 2.80. The largest absolute Gasteiger partial charge is 0.311 e. The van der Waals surface area contributed by atoms with Gasteiger partial charge in [0.2, 0.25) is 0 Å². The van der Waals surface area contributed by atoms with Gasteiger partial charge in [-0.3, -0.25) is 4.98 Å². The van der Waals surface area contributed by atoms with Crippen LogP contribution in [0.15, 0.2) is 34.9 Å². The van der Waals surface area contributed by atoms with Crippen LogP contribution >= 0.6 is 15.9 Å². The van der Waals surface area contributed by atoms with Crippen LogP contribution in [0.1, 0.15) is 25.8 Å². The smallest absolute Gasteiger partial charge is 0.0758 e. The lowest BCUT2D eigenvalue weighted by Gasteiger charge is -2.23. The van der Waals surface area contributed by atoms with Gasteiger partial charge in [-0.25, -0.2) is 0 Å². The average Bonchev–Trinajstić information content (AvgIpc) is 2.52. The van der Waals surface area contributed by atoms with Crippen LogP contribution in [0.2, 0.25) is 0 Å². The quantitative estimate of drug-likeness (QED) is 0.770. The van der Waals surface area contributed by atoms with Crippen molar-refractivity contribution in [1.29, 1.82) is 0 Å². The van der Waals surface area contributed by atoms with E-state index >= 15 is 0 Å². The topological polar surface area (TPSA) is 28.2 Å². The Hall–Kier alpha value is -0.970. The molecule has 1 N–H and O–H groups in total. The summed E-state index contributed by atoms with van der Waals surface area (Å²) in [5, 5.41) is 4.70. The number of aromatic nitrogens is 1. The molecule has 0 saturated carbocycles. The van der Waals surface area contributed by atoms with Gasteiger partial charge in [-0.1, -0.05) is 35.0 Å².